The van der Waals surface area contributed by atoms with Crippen molar-refractivity contribution in [1.29, 1.82) is 0 Å². The van der Waals surface area contributed by atoms with Crippen LogP contribution in [0, 0.1) is 24.6 Å². The van der Waals surface area contributed by atoms with Crippen LogP contribution in [0.2, 0.25) is 0 Å². The van der Waals surface area contributed by atoms with Gasteiger partial charge in [0.2, 0.25) is 0 Å². The Hall–Kier alpha value is -2.93. The minimum absolute atomic E-state index is 0.231. The fourth-order valence-corrected chi connectivity index (χ4v) is 5.28. The number of aromatic nitrogens is 2. The van der Waals surface area contributed by atoms with Crippen LogP contribution in [0.25, 0.3) is 10.9 Å². The topological polar surface area (TPSA) is 59.5 Å². The number of rotatable bonds is 8. The van der Waals surface area contributed by atoms with Gasteiger partial charge in [0.15, 0.2) is 11.5 Å². The SMILES string of the molecule is COc1cc2ncnc(Nc3ccc(F)c(C)c3)c2cc1OCCCN1CC2CCCC2C1. The summed E-state index contributed by atoms with van der Waals surface area (Å²) in [5.41, 5.74) is 2.09. The molecule has 1 aromatic heterocycles. The molecule has 2 atom stereocenters. The van der Waals surface area contributed by atoms with E-state index in [1.807, 2.05) is 12.1 Å². The van der Waals surface area contributed by atoms with E-state index in [1.54, 1.807) is 26.2 Å². The van der Waals surface area contributed by atoms with Crippen molar-refractivity contribution in [3.05, 3.63) is 48.0 Å². The summed E-state index contributed by atoms with van der Waals surface area (Å²) in [5.74, 6) is 3.58. The summed E-state index contributed by atoms with van der Waals surface area (Å²) < 4.78 is 25.4. The number of nitrogens with zero attached hydrogens (tertiary/aromatic N) is 3. The molecule has 1 N–H and O–H groups in total. The predicted molar refractivity (Wildman–Crippen MR) is 128 cm³/mol. The Morgan fingerprint density at radius 1 is 1.09 bits per heavy atom. The monoisotopic (exact) mass is 450 g/mol. The number of benzene rings is 2. The highest BCUT2D eigenvalue weighted by atomic mass is 19.1. The summed E-state index contributed by atoms with van der Waals surface area (Å²) in [6, 6.07) is 8.70. The van der Waals surface area contributed by atoms with Gasteiger partial charge in [-0.25, -0.2) is 14.4 Å². The number of aryl methyl sites for hydroxylation is 1. The van der Waals surface area contributed by atoms with Gasteiger partial charge < -0.3 is 19.7 Å². The van der Waals surface area contributed by atoms with Crippen LogP contribution < -0.4 is 14.8 Å². The molecule has 0 radical (unpaired) electrons. The normalized spacial score (nSPS) is 20.2. The second kappa shape index (κ2) is 9.51. The number of likely N-dealkylation sites (tertiary alicyclic amines) is 1. The molecule has 5 rings (SSSR count). The largest absolute Gasteiger partial charge is 0.493 e. The summed E-state index contributed by atoms with van der Waals surface area (Å²) in [5, 5.41) is 4.10. The molecular weight excluding hydrogens is 419 g/mol. The molecule has 0 bridgehead atoms. The van der Waals surface area contributed by atoms with Gasteiger partial charge in [0, 0.05) is 36.8 Å². The molecule has 1 saturated carbocycles. The molecule has 6 nitrogen and oxygen atoms in total. The summed E-state index contributed by atoms with van der Waals surface area (Å²) in [6.07, 6.45) is 6.71. The van der Waals surface area contributed by atoms with Crippen LogP contribution >= 0.6 is 0 Å². The molecule has 2 aromatic carbocycles. The van der Waals surface area contributed by atoms with Crippen molar-refractivity contribution in [2.75, 3.05) is 38.7 Å². The number of fused-ring (bicyclic) bond motifs is 2. The van der Waals surface area contributed by atoms with Crippen molar-refractivity contribution in [3.8, 4) is 11.5 Å². The van der Waals surface area contributed by atoms with Gasteiger partial charge in [-0.2, -0.15) is 0 Å². The third-order valence-electron chi connectivity index (χ3n) is 7.02. The Kier molecular flexibility index (Phi) is 6.31. The van der Waals surface area contributed by atoms with Gasteiger partial charge in [0.25, 0.3) is 0 Å². The zero-order chi connectivity index (χ0) is 22.8. The molecule has 0 amide bonds. The fourth-order valence-electron chi connectivity index (χ4n) is 5.28. The van der Waals surface area contributed by atoms with Gasteiger partial charge in [-0.3, -0.25) is 0 Å². The van der Waals surface area contributed by atoms with E-state index in [-0.39, 0.29) is 5.82 Å². The van der Waals surface area contributed by atoms with E-state index in [1.165, 1.54) is 44.7 Å². The molecule has 2 aliphatic rings. The molecule has 7 heteroatoms. The Morgan fingerprint density at radius 2 is 1.91 bits per heavy atom. The lowest BCUT2D eigenvalue weighted by molar-refractivity contribution is 0.246. The van der Waals surface area contributed by atoms with Crippen LogP contribution in [0.4, 0.5) is 15.9 Å². The molecule has 174 valence electrons. The second-order valence-electron chi connectivity index (χ2n) is 9.24. The Bertz CT molecular complexity index is 1130. The third-order valence-corrected chi connectivity index (χ3v) is 7.02. The maximum atomic E-state index is 13.6. The number of hydrogen-bond acceptors (Lipinski definition) is 6. The average molecular weight is 451 g/mol. The lowest BCUT2D eigenvalue weighted by atomic mass is 10.0. The molecule has 1 aliphatic heterocycles. The van der Waals surface area contributed by atoms with Crippen LogP contribution in [0.3, 0.4) is 0 Å². The molecule has 2 unspecified atom stereocenters. The number of methoxy groups -OCH3 is 1. The summed E-state index contributed by atoms with van der Waals surface area (Å²) in [6.45, 7) is 5.94. The van der Waals surface area contributed by atoms with E-state index >= 15 is 0 Å². The minimum atomic E-state index is -0.231. The molecule has 1 saturated heterocycles. The van der Waals surface area contributed by atoms with Gasteiger partial charge >= 0.3 is 0 Å². The van der Waals surface area contributed by atoms with Crippen molar-refractivity contribution in [2.24, 2.45) is 11.8 Å². The Labute approximate surface area is 194 Å². The van der Waals surface area contributed by atoms with Gasteiger partial charge in [-0.05, 0) is 67.9 Å². The van der Waals surface area contributed by atoms with Crippen molar-refractivity contribution >= 4 is 22.4 Å². The van der Waals surface area contributed by atoms with E-state index in [0.717, 1.165) is 41.4 Å². The fraction of sp³-hybridized carbons (Fsp3) is 0.462. The summed E-state index contributed by atoms with van der Waals surface area (Å²) >= 11 is 0. The molecule has 2 heterocycles. The van der Waals surface area contributed by atoms with Crippen molar-refractivity contribution < 1.29 is 13.9 Å². The van der Waals surface area contributed by atoms with Crippen molar-refractivity contribution in [1.82, 2.24) is 14.9 Å². The highest BCUT2D eigenvalue weighted by molar-refractivity contribution is 5.93. The molecule has 2 fully saturated rings. The van der Waals surface area contributed by atoms with Gasteiger partial charge in [0.05, 0.1) is 19.2 Å². The van der Waals surface area contributed by atoms with Gasteiger partial charge in [0.1, 0.15) is 18.0 Å². The lowest BCUT2D eigenvalue weighted by Crippen LogP contribution is -2.24. The van der Waals surface area contributed by atoms with Crippen LogP contribution in [0.5, 0.6) is 11.5 Å². The first-order valence-corrected chi connectivity index (χ1v) is 11.8. The Balaban J connectivity index is 1.28. The van der Waals surface area contributed by atoms with E-state index < -0.39 is 0 Å². The second-order valence-corrected chi connectivity index (χ2v) is 9.24. The lowest BCUT2D eigenvalue weighted by Gasteiger charge is -2.17. The van der Waals surface area contributed by atoms with E-state index in [2.05, 4.69) is 20.2 Å². The number of nitrogens with one attached hydrogen (secondary N) is 1. The van der Waals surface area contributed by atoms with Crippen LogP contribution in [0.15, 0.2) is 36.7 Å². The maximum absolute atomic E-state index is 13.6. The number of hydrogen-bond donors (Lipinski definition) is 1. The number of halogens is 1. The third kappa shape index (κ3) is 4.74. The van der Waals surface area contributed by atoms with Gasteiger partial charge in [-0.1, -0.05) is 6.42 Å². The predicted octanol–water partition coefficient (Wildman–Crippen LogP) is 5.33. The van der Waals surface area contributed by atoms with Crippen LogP contribution in [0.1, 0.15) is 31.2 Å². The van der Waals surface area contributed by atoms with Crippen molar-refractivity contribution in [2.45, 2.75) is 32.6 Å². The minimum Gasteiger partial charge on any atom is -0.493 e. The van der Waals surface area contributed by atoms with Crippen molar-refractivity contribution in [3.63, 3.8) is 0 Å². The smallest absolute Gasteiger partial charge is 0.162 e. The molecule has 0 spiro atoms. The molecular formula is C26H31FN4O2. The van der Waals surface area contributed by atoms with E-state index in [9.17, 15) is 4.39 Å². The summed E-state index contributed by atoms with van der Waals surface area (Å²) in [7, 11) is 1.64. The highest BCUT2D eigenvalue weighted by Crippen LogP contribution is 2.38. The first kappa shape index (κ1) is 21.9. The first-order chi connectivity index (χ1) is 16.1. The molecule has 1 aliphatic carbocycles. The van der Waals surface area contributed by atoms with Crippen LogP contribution in [-0.2, 0) is 0 Å². The number of ether oxygens (including phenoxy) is 2. The zero-order valence-electron chi connectivity index (χ0n) is 19.3. The quantitative estimate of drug-likeness (QED) is 0.468. The first-order valence-electron chi connectivity index (χ1n) is 11.8. The summed E-state index contributed by atoms with van der Waals surface area (Å²) in [4.78, 5) is 11.4. The van der Waals surface area contributed by atoms with Gasteiger partial charge in [-0.15, -0.1) is 0 Å². The number of anilines is 2. The van der Waals surface area contributed by atoms with E-state index in [0.29, 0.717) is 29.5 Å². The maximum Gasteiger partial charge on any atom is 0.162 e. The average Bonchev–Trinajstić information content (AvgIpc) is 3.41. The van der Waals surface area contributed by atoms with E-state index in [4.69, 9.17) is 9.47 Å². The standard InChI is InChI=1S/C26H31FN4O2/c1-17-11-20(7-8-22(17)27)30-26-21-12-25(24(32-2)13-23(21)28-16-29-26)33-10-4-9-31-14-18-5-3-6-19(18)15-31/h7-8,11-13,16,18-19H,3-6,9-10,14-15H2,1-2H3,(H,28,29,30). The molecule has 33 heavy (non-hydrogen) atoms. The Morgan fingerprint density at radius 3 is 2.67 bits per heavy atom. The molecule has 3 aromatic rings. The van der Waals surface area contributed by atoms with Crippen LogP contribution in [-0.4, -0.2) is 48.2 Å². The zero-order valence-corrected chi connectivity index (χ0v) is 19.3. The highest BCUT2D eigenvalue weighted by Gasteiger charge is 2.35.